The predicted molar refractivity (Wildman–Crippen MR) is 119 cm³/mol. The minimum absolute atomic E-state index is 0.130. The molecule has 1 aliphatic heterocycles. The smallest absolute Gasteiger partial charge is 0.414 e. The summed E-state index contributed by atoms with van der Waals surface area (Å²) in [7, 11) is 1.58. The van der Waals surface area contributed by atoms with Gasteiger partial charge >= 0.3 is 6.09 Å². The number of fused-ring (bicyclic) bond motifs is 2. The zero-order valence-electron chi connectivity index (χ0n) is 18.6. The molecule has 8 heteroatoms. The van der Waals surface area contributed by atoms with E-state index in [1.54, 1.807) is 37.1 Å². The lowest BCUT2D eigenvalue weighted by atomic mass is 9.88. The van der Waals surface area contributed by atoms with E-state index in [1.165, 1.54) is 17.2 Å². The number of amides is 2. The van der Waals surface area contributed by atoms with Gasteiger partial charge in [0, 0.05) is 37.2 Å². The number of ether oxygens (including phenoxy) is 1. The zero-order chi connectivity index (χ0) is 23.2. The van der Waals surface area contributed by atoms with Crippen LogP contribution >= 0.6 is 0 Å². The molecule has 32 heavy (non-hydrogen) atoms. The number of anilines is 1. The third-order valence-corrected chi connectivity index (χ3v) is 6.18. The molecule has 1 aromatic carbocycles. The highest BCUT2D eigenvalue weighted by atomic mass is 19.1. The van der Waals surface area contributed by atoms with Gasteiger partial charge in [0.15, 0.2) is 5.75 Å². The number of phenolic OH excluding ortho intramolecular Hbond substituents is 1. The van der Waals surface area contributed by atoms with Crippen LogP contribution in [0.5, 0.6) is 5.75 Å². The zero-order valence-corrected chi connectivity index (χ0v) is 18.6. The monoisotopic (exact) mass is 439 g/mol. The predicted octanol–water partition coefficient (Wildman–Crippen LogP) is 4.80. The molecule has 1 aliphatic carbocycles. The highest BCUT2D eigenvalue weighted by Gasteiger charge is 2.48. The van der Waals surface area contributed by atoms with E-state index in [9.17, 15) is 19.1 Å². The van der Waals surface area contributed by atoms with Crippen LogP contribution in [-0.2, 0) is 10.3 Å². The van der Waals surface area contributed by atoms with E-state index in [0.717, 1.165) is 5.57 Å². The summed E-state index contributed by atoms with van der Waals surface area (Å²) in [6, 6.07) is 3.47. The van der Waals surface area contributed by atoms with Gasteiger partial charge in [-0.15, -0.1) is 0 Å². The second-order valence-corrected chi connectivity index (χ2v) is 8.49. The van der Waals surface area contributed by atoms with Crippen LogP contribution in [0.1, 0.15) is 49.5 Å². The van der Waals surface area contributed by atoms with Crippen molar-refractivity contribution in [2.75, 3.05) is 25.1 Å². The number of hydrogen-bond acceptors (Lipinski definition) is 5. The molecule has 0 unspecified atom stereocenters. The maximum atomic E-state index is 13.6. The highest BCUT2D eigenvalue weighted by molar-refractivity contribution is 6.14. The summed E-state index contributed by atoms with van der Waals surface area (Å²) in [6.07, 6.45) is 4.91. The van der Waals surface area contributed by atoms with Crippen molar-refractivity contribution < 1.29 is 23.8 Å². The van der Waals surface area contributed by atoms with Gasteiger partial charge in [-0.05, 0) is 45.4 Å². The molecule has 1 aromatic heterocycles. The lowest BCUT2D eigenvalue weighted by Gasteiger charge is -2.35. The first kappa shape index (κ1) is 21.8. The minimum atomic E-state index is -0.857. The van der Waals surface area contributed by atoms with Crippen LogP contribution in [0, 0.1) is 0 Å². The normalized spacial score (nSPS) is 17.2. The molecule has 0 spiro atoms. The van der Waals surface area contributed by atoms with Gasteiger partial charge in [-0.1, -0.05) is 11.6 Å². The summed E-state index contributed by atoms with van der Waals surface area (Å²) in [6.45, 7) is 5.96. The molecule has 2 heterocycles. The second-order valence-electron chi connectivity index (χ2n) is 8.49. The Kier molecular flexibility index (Phi) is 5.40. The van der Waals surface area contributed by atoms with Crippen LogP contribution < -0.4 is 4.90 Å². The molecule has 1 N–H and O–H groups in total. The maximum Gasteiger partial charge on any atom is 0.414 e. The Labute approximate surface area is 185 Å². The van der Waals surface area contributed by atoms with Gasteiger partial charge in [0.25, 0.3) is 5.91 Å². The third-order valence-electron chi connectivity index (χ3n) is 6.18. The number of hydrogen-bond donors (Lipinski definition) is 1. The van der Waals surface area contributed by atoms with E-state index >= 15 is 0 Å². The lowest BCUT2D eigenvalue weighted by molar-refractivity contribution is 0.0642. The van der Waals surface area contributed by atoms with Gasteiger partial charge in [-0.3, -0.25) is 14.7 Å². The summed E-state index contributed by atoms with van der Waals surface area (Å²) in [5.41, 5.74) is 1.45. The number of phenols is 1. The van der Waals surface area contributed by atoms with Crippen LogP contribution in [-0.4, -0.2) is 47.2 Å². The second kappa shape index (κ2) is 7.93. The average Bonchev–Trinajstić information content (AvgIpc) is 2.96. The van der Waals surface area contributed by atoms with Gasteiger partial charge in [0.2, 0.25) is 0 Å². The van der Waals surface area contributed by atoms with E-state index in [1.807, 2.05) is 13.8 Å². The molecule has 4 rings (SSSR count). The lowest BCUT2D eigenvalue weighted by Crippen LogP contribution is -2.41. The number of rotatable bonds is 4. The largest absolute Gasteiger partial charge is 0.505 e. The van der Waals surface area contributed by atoms with E-state index in [4.69, 9.17) is 4.74 Å². The molecular weight excluding hydrogens is 413 g/mol. The topological polar surface area (TPSA) is 83.0 Å². The van der Waals surface area contributed by atoms with Crippen molar-refractivity contribution in [3.63, 3.8) is 0 Å². The number of nitrogens with zero attached hydrogens (tertiary/aromatic N) is 3. The number of aromatic hydroxyl groups is 1. The van der Waals surface area contributed by atoms with Crippen molar-refractivity contribution in [3.8, 4) is 5.75 Å². The molecule has 0 radical (unpaired) electrons. The Balaban J connectivity index is 1.92. The Morgan fingerprint density at radius 3 is 2.75 bits per heavy atom. The van der Waals surface area contributed by atoms with Crippen molar-refractivity contribution in [2.24, 2.45) is 0 Å². The fourth-order valence-electron chi connectivity index (χ4n) is 4.52. The van der Waals surface area contributed by atoms with E-state index in [-0.39, 0.29) is 41.7 Å². The summed E-state index contributed by atoms with van der Waals surface area (Å²) in [4.78, 5) is 33.5. The van der Waals surface area contributed by atoms with E-state index in [2.05, 4.69) is 4.98 Å². The third kappa shape index (κ3) is 3.30. The van der Waals surface area contributed by atoms with Crippen LogP contribution in [0.25, 0.3) is 10.9 Å². The number of aromatic nitrogens is 1. The van der Waals surface area contributed by atoms with Crippen molar-refractivity contribution in [2.45, 2.75) is 39.2 Å². The number of allylic oxidation sites excluding steroid dienone is 3. The average molecular weight is 439 g/mol. The van der Waals surface area contributed by atoms with Crippen LogP contribution in [0.4, 0.5) is 14.9 Å². The Morgan fingerprint density at radius 2 is 2.09 bits per heavy atom. The molecule has 0 saturated heterocycles. The van der Waals surface area contributed by atoms with Gasteiger partial charge in [0.05, 0.1) is 23.4 Å². The molecule has 0 fully saturated rings. The number of halogens is 1. The standard InChI is InChI=1S/C24H26FN3O4/c1-5-32-23(31)27(4)20-16-7-6-12-26-19(16)21(29)17-18(20)24(2,3)28(22(17)30)13-14-8-10-15(25)11-9-14/h6-8,10,12,29H,5,9,11,13H2,1-4H3. The number of carbonyl (C=O) groups is 2. The molecule has 2 amide bonds. The quantitative estimate of drug-likeness (QED) is 0.740. The first-order valence-electron chi connectivity index (χ1n) is 10.6. The summed E-state index contributed by atoms with van der Waals surface area (Å²) in [5.74, 6) is -0.748. The molecule has 7 nitrogen and oxygen atoms in total. The van der Waals surface area contributed by atoms with Gasteiger partial charge < -0.3 is 14.7 Å². The molecule has 0 atom stereocenters. The SMILES string of the molecule is CCOC(=O)N(C)c1c2c(c(O)c3ncccc13)C(=O)N(CC1=CC=C(F)CC1)C2(C)C. The van der Waals surface area contributed by atoms with Gasteiger partial charge in [-0.2, -0.15) is 0 Å². The number of benzene rings is 1. The van der Waals surface area contributed by atoms with E-state index < -0.39 is 11.6 Å². The Morgan fingerprint density at radius 1 is 1.34 bits per heavy atom. The summed E-state index contributed by atoms with van der Waals surface area (Å²) >= 11 is 0. The molecule has 0 saturated carbocycles. The van der Waals surface area contributed by atoms with Crippen molar-refractivity contribution in [1.29, 1.82) is 0 Å². The maximum absolute atomic E-state index is 13.6. The highest BCUT2D eigenvalue weighted by Crippen LogP contribution is 2.51. The Bertz CT molecular complexity index is 1190. The van der Waals surface area contributed by atoms with Crippen molar-refractivity contribution in [1.82, 2.24) is 9.88 Å². The van der Waals surface area contributed by atoms with Gasteiger partial charge in [-0.25, -0.2) is 9.18 Å². The van der Waals surface area contributed by atoms with Crippen LogP contribution in [0.2, 0.25) is 0 Å². The molecule has 2 aromatic rings. The van der Waals surface area contributed by atoms with E-state index in [0.29, 0.717) is 29.5 Å². The summed E-state index contributed by atoms with van der Waals surface area (Å²) < 4.78 is 18.7. The van der Waals surface area contributed by atoms with Crippen LogP contribution in [0.15, 0.2) is 41.9 Å². The number of carbonyl (C=O) groups excluding carboxylic acids is 2. The molecule has 0 bridgehead atoms. The van der Waals surface area contributed by atoms with Crippen LogP contribution in [0.3, 0.4) is 0 Å². The first-order chi connectivity index (χ1) is 15.2. The van der Waals surface area contributed by atoms with Gasteiger partial charge in [0.1, 0.15) is 11.3 Å². The Hall–Kier alpha value is -3.42. The fraction of sp³-hybridized carbons (Fsp3) is 0.375. The molecular formula is C24H26FN3O4. The molecule has 2 aliphatic rings. The first-order valence-corrected chi connectivity index (χ1v) is 10.6. The summed E-state index contributed by atoms with van der Waals surface area (Å²) in [5, 5.41) is 11.6. The number of pyridine rings is 1. The van der Waals surface area contributed by atoms with Crippen molar-refractivity contribution in [3.05, 3.63) is 53.0 Å². The minimum Gasteiger partial charge on any atom is -0.505 e. The molecule has 168 valence electrons. The fourth-order valence-corrected chi connectivity index (χ4v) is 4.52. The van der Waals surface area contributed by atoms with Crippen molar-refractivity contribution >= 4 is 28.6 Å².